The van der Waals surface area contributed by atoms with Gasteiger partial charge in [-0.15, -0.1) is 29.7 Å². The Balaban J connectivity index is 1.15. The third-order valence-corrected chi connectivity index (χ3v) is 8.76. The van der Waals surface area contributed by atoms with Crippen LogP contribution >= 0.6 is 23.1 Å². The van der Waals surface area contributed by atoms with E-state index in [1.165, 1.54) is 11.8 Å². The number of hydrogen-bond donors (Lipinski definition) is 0. The number of nitrogens with zero attached hydrogens (tertiary/aromatic N) is 6. The Labute approximate surface area is 225 Å². The standard InChI is InChI=1S/C27H30N6O2S2/c1-2-18-36-25-21(6-5-11-29-25)26(34)32-12-8-20(9-13-32)24-30-22(19-37-24)27(35)33-16-14-31(15-17-33)23-7-3-4-10-28-23/h2-7,10-11,19-20H,1,8-9,12-18H2. The molecule has 10 heteroatoms. The fourth-order valence-corrected chi connectivity index (χ4v) is 6.41. The summed E-state index contributed by atoms with van der Waals surface area (Å²) in [6, 6.07) is 9.55. The number of carbonyl (C=O) groups is 2. The second-order valence-electron chi connectivity index (χ2n) is 9.06. The minimum absolute atomic E-state index is 0.00286. The Morgan fingerprint density at radius 1 is 0.973 bits per heavy atom. The van der Waals surface area contributed by atoms with Crippen LogP contribution in [0.25, 0.3) is 0 Å². The Morgan fingerprint density at radius 2 is 1.73 bits per heavy atom. The molecule has 0 bridgehead atoms. The van der Waals surface area contributed by atoms with Crippen molar-refractivity contribution in [2.24, 2.45) is 0 Å². The van der Waals surface area contributed by atoms with Crippen molar-refractivity contribution in [1.29, 1.82) is 0 Å². The monoisotopic (exact) mass is 534 g/mol. The summed E-state index contributed by atoms with van der Waals surface area (Å²) in [6.45, 7) is 7.93. The zero-order valence-corrected chi connectivity index (χ0v) is 22.3. The highest BCUT2D eigenvalue weighted by atomic mass is 32.2. The molecule has 0 unspecified atom stereocenters. The van der Waals surface area contributed by atoms with E-state index in [2.05, 4.69) is 21.4 Å². The number of anilines is 1. The topological polar surface area (TPSA) is 82.5 Å². The number of piperazine rings is 1. The summed E-state index contributed by atoms with van der Waals surface area (Å²) in [5.74, 6) is 1.95. The van der Waals surface area contributed by atoms with Gasteiger partial charge in [0.2, 0.25) is 0 Å². The van der Waals surface area contributed by atoms with Crippen molar-refractivity contribution in [2.75, 3.05) is 49.9 Å². The number of pyridine rings is 2. The van der Waals surface area contributed by atoms with Crippen molar-refractivity contribution in [3.05, 3.63) is 77.0 Å². The van der Waals surface area contributed by atoms with Gasteiger partial charge in [0, 0.05) is 68.7 Å². The van der Waals surface area contributed by atoms with Crippen LogP contribution in [0.1, 0.15) is 44.6 Å². The van der Waals surface area contributed by atoms with Crippen LogP contribution in [0.4, 0.5) is 5.82 Å². The van der Waals surface area contributed by atoms with Crippen molar-refractivity contribution in [2.45, 2.75) is 23.8 Å². The quantitative estimate of drug-likeness (QED) is 0.332. The third-order valence-electron chi connectivity index (χ3n) is 6.75. The molecule has 0 radical (unpaired) electrons. The number of piperidine rings is 1. The number of carbonyl (C=O) groups excluding carboxylic acids is 2. The number of thioether (sulfide) groups is 1. The van der Waals surface area contributed by atoms with Gasteiger partial charge in [-0.05, 0) is 37.1 Å². The molecule has 0 saturated carbocycles. The number of thiazole rings is 1. The van der Waals surface area contributed by atoms with E-state index >= 15 is 0 Å². The summed E-state index contributed by atoms with van der Waals surface area (Å²) in [6.07, 6.45) is 7.00. The lowest BCUT2D eigenvalue weighted by Crippen LogP contribution is -2.49. The van der Waals surface area contributed by atoms with E-state index in [0.717, 1.165) is 41.8 Å². The molecule has 0 aliphatic carbocycles. The van der Waals surface area contributed by atoms with Gasteiger partial charge in [-0.25, -0.2) is 15.0 Å². The van der Waals surface area contributed by atoms with Gasteiger partial charge in [-0.2, -0.15) is 0 Å². The van der Waals surface area contributed by atoms with E-state index in [9.17, 15) is 9.59 Å². The smallest absolute Gasteiger partial charge is 0.273 e. The summed E-state index contributed by atoms with van der Waals surface area (Å²) < 4.78 is 0. The Bertz CT molecular complexity index is 1230. The molecule has 3 aromatic heterocycles. The maximum atomic E-state index is 13.2. The van der Waals surface area contributed by atoms with E-state index in [0.29, 0.717) is 43.2 Å². The van der Waals surface area contributed by atoms with Crippen LogP contribution in [0.5, 0.6) is 0 Å². The molecule has 5 rings (SSSR count). The molecule has 2 fully saturated rings. The Kier molecular flexibility index (Phi) is 8.15. The van der Waals surface area contributed by atoms with Gasteiger partial charge in [-0.3, -0.25) is 9.59 Å². The average Bonchev–Trinajstić information content (AvgIpc) is 3.47. The van der Waals surface area contributed by atoms with E-state index < -0.39 is 0 Å². The molecule has 2 amide bonds. The van der Waals surface area contributed by atoms with Crippen LogP contribution in [0.3, 0.4) is 0 Å². The van der Waals surface area contributed by atoms with Crippen LogP contribution in [0.2, 0.25) is 0 Å². The SMILES string of the molecule is C=CCSc1ncccc1C(=O)N1CCC(c2nc(C(=O)N3CCN(c4ccccn4)CC3)cs2)CC1. The zero-order valence-electron chi connectivity index (χ0n) is 20.7. The maximum absolute atomic E-state index is 13.2. The molecule has 0 N–H and O–H groups in total. The number of rotatable bonds is 7. The van der Waals surface area contributed by atoms with Crippen molar-refractivity contribution >= 4 is 40.7 Å². The fraction of sp³-hybridized carbons (Fsp3) is 0.370. The minimum atomic E-state index is -0.00286. The second-order valence-corrected chi connectivity index (χ2v) is 11.0. The fourth-order valence-electron chi connectivity index (χ4n) is 4.72. The highest BCUT2D eigenvalue weighted by Gasteiger charge is 2.29. The Hall–Kier alpha value is -3.24. The molecule has 3 aromatic rings. The largest absolute Gasteiger partial charge is 0.353 e. The van der Waals surface area contributed by atoms with Crippen molar-refractivity contribution in [1.82, 2.24) is 24.8 Å². The highest BCUT2D eigenvalue weighted by molar-refractivity contribution is 7.99. The molecule has 0 aromatic carbocycles. The molecule has 5 heterocycles. The van der Waals surface area contributed by atoms with Gasteiger partial charge in [0.05, 0.1) is 10.6 Å². The average molecular weight is 535 g/mol. The van der Waals surface area contributed by atoms with E-state index in [1.807, 2.05) is 51.6 Å². The first-order chi connectivity index (χ1) is 18.1. The summed E-state index contributed by atoms with van der Waals surface area (Å²) in [5.41, 5.74) is 1.18. The van der Waals surface area contributed by atoms with Gasteiger partial charge in [0.25, 0.3) is 11.8 Å². The van der Waals surface area contributed by atoms with Gasteiger partial charge in [0.1, 0.15) is 16.5 Å². The number of aromatic nitrogens is 3. The van der Waals surface area contributed by atoms with Crippen LogP contribution in [0, 0.1) is 0 Å². The van der Waals surface area contributed by atoms with Crippen LogP contribution < -0.4 is 4.90 Å². The summed E-state index contributed by atoms with van der Waals surface area (Å²) in [4.78, 5) is 45.8. The molecule has 2 aliphatic rings. The lowest BCUT2D eigenvalue weighted by atomic mass is 9.97. The Morgan fingerprint density at radius 3 is 2.46 bits per heavy atom. The van der Waals surface area contributed by atoms with E-state index in [1.54, 1.807) is 23.7 Å². The van der Waals surface area contributed by atoms with Crippen LogP contribution in [0.15, 0.2) is 65.8 Å². The van der Waals surface area contributed by atoms with E-state index in [4.69, 9.17) is 4.98 Å². The number of amides is 2. The third kappa shape index (κ3) is 5.86. The summed E-state index contributed by atoms with van der Waals surface area (Å²) in [5, 5.41) is 3.63. The van der Waals surface area contributed by atoms with Crippen molar-refractivity contribution in [3.8, 4) is 0 Å². The molecular weight excluding hydrogens is 504 g/mol. The van der Waals surface area contributed by atoms with Gasteiger partial charge >= 0.3 is 0 Å². The first-order valence-corrected chi connectivity index (χ1v) is 14.4. The second kappa shape index (κ2) is 11.9. The van der Waals surface area contributed by atoms with E-state index in [-0.39, 0.29) is 17.7 Å². The molecule has 192 valence electrons. The normalized spacial score (nSPS) is 16.6. The molecule has 2 aliphatic heterocycles. The first kappa shape index (κ1) is 25.4. The van der Waals surface area contributed by atoms with Gasteiger partial charge in [-0.1, -0.05) is 12.1 Å². The molecule has 0 spiro atoms. The first-order valence-electron chi connectivity index (χ1n) is 12.5. The van der Waals surface area contributed by atoms with Crippen molar-refractivity contribution in [3.63, 3.8) is 0 Å². The van der Waals surface area contributed by atoms with Crippen LogP contribution in [-0.2, 0) is 0 Å². The lowest BCUT2D eigenvalue weighted by Gasteiger charge is -2.35. The molecular formula is C27H30N6O2S2. The predicted molar refractivity (Wildman–Crippen MR) is 148 cm³/mol. The highest BCUT2D eigenvalue weighted by Crippen LogP contribution is 2.32. The molecule has 2 saturated heterocycles. The predicted octanol–water partition coefficient (Wildman–Crippen LogP) is 4.19. The van der Waals surface area contributed by atoms with Crippen LogP contribution in [-0.4, -0.2) is 81.6 Å². The molecule has 37 heavy (non-hydrogen) atoms. The zero-order chi connectivity index (χ0) is 25.6. The minimum Gasteiger partial charge on any atom is -0.353 e. The molecule has 0 atom stereocenters. The lowest BCUT2D eigenvalue weighted by molar-refractivity contribution is 0.0708. The molecule has 8 nitrogen and oxygen atoms in total. The van der Waals surface area contributed by atoms with Gasteiger partial charge < -0.3 is 14.7 Å². The summed E-state index contributed by atoms with van der Waals surface area (Å²) >= 11 is 3.08. The summed E-state index contributed by atoms with van der Waals surface area (Å²) in [7, 11) is 0. The number of hydrogen-bond acceptors (Lipinski definition) is 8. The number of likely N-dealkylation sites (tertiary alicyclic amines) is 1. The van der Waals surface area contributed by atoms with Gasteiger partial charge in [0.15, 0.2) is 0 Å². The maximum Gasteiger partial charge on any atom is 0.273 e. The van der Waals surface area contributed by atoms with Crippen molar-refractivity contribution < 1.29 is 9.59 Å².